The molecular formula is C21H14N4O9. The summed E-state index contributed by atoms with van der Waals surface area (Å²) in [4.78, 5) is 64.5. The van der Waals surface area contributed by atoms with Gasteiger partial charge in [0.2, 0.25) is 5.78 Å². The molecule has 4 rings (SSSR count). The van der Waals surface area contributed by atoms with E-state index in [0.717, 1.165) is 36.4 Å². The number of hydrogen-bond acceptors (Lipinski definition) is 9. The van der Waals surface area contributed by atoms with Crippen molar-refractivity contribution in [1.29, 1.82) is 0 Å². The minimum Gasteiger partial charge on any atom is -0.494 e. The number of carbonyl (C=O) groups excluding carboxylic acids is 1. The Hall–Kier alpha value is -5.07. The van der Waals surface area contributed by atoms with Crippen LogP contribution in [0.5, 0.6) is 11.5 Å². The van der Waals surface area contributed by atoms with Gasteiger partial charge in [0.25, 0.3) is 22.5 Å². The third kappa shape index (κ3) is 3.60. The van der Waals surface area contributed by atoms with E-state index < -0.39 is 37.9 Å². The average molecular weight is 466 g/mol. The van der Waals surface area contributed by atoms with Crippen molar-refractivity contribution >= 4 is 39.0 Å². The maximum absolute atomic E-state index is 13.2. The highest BCUT2D eigenvalue weighted by molar-refractivity contribution is 6.11. The lowest BCUT2D eigenvalue weighted by Gasteiger charge is -2.09. The predicted octanol–water partition coefficient (Wildman–Crippen LogP) is 2.43. The molecule has 2 aromatic carbocycles. The molecule has 0 fully saturated rings. The minimum atomic E-state index is -0.984. The van der Waals surface area contributed by atoms with E-state index in [2.05, 4.69) is 9.97 Å². The number of aromatic nitrogens is 2. The van der Waals surface area contributed by atoms with Crippen molar-refractivity contribution in [1.82, 2.24) is 9.97 Å². The Bertz CT molecular complexity index is 1530. The lowest BCUT2D eigenvalue weighted by atomic mass is 10.0. The Morgan fingerprint density at radius 1 is 0.735 bits per heavy atom. The van der Waals surface area contributed by atoms with Gasteiger partial charge in [-0.1, -0.05) is 0 Å². The molecule has 0 atom stereocenters. The molecule has 34 heavy (non-hydrogen) atoms. The Morgan fingerprint density at radius 3 is 1.44 bits per heavy atom. The number of nitro benzene ring substituents is 2. The van der Waals surface area contributed by atoms with E-state index in [-0.39, 0.29) is 44.7 Å². The normalized spacial score (nSPS) is 10.9. The number of carbonyl (C=O) groups is 1. The molecule has 2 N–H and O–H groups in total. The summed E-state index contributed by atoms with van der Waals surface area (Å²) >= 11 is 0. The van der Waals surface area contributed by atoms with Crippen LogP contribution in [-0.2, 0) is 0 Å². The lowest BCUT2D eigenvalue weighted by Crippen LogP contribution is -2.24. The van der Waals surface area contributed by atoms with Crippen LogP contribution in [0.1, 0.15) is 15.9 Å². The largest absolute Gasteiger partial charge is 0.494 e. The number of nitro groups is 2. The first-order valence-electron chi connectivity index (χ1n) is 9.48. The number of fused-ring (bicyclic) bond motifs is 2. The second kappa shape index (κ2) is 8.12. The van der Waals surface area contributed by atoms with Crippen molar-refractivity contribution in [3.05, 3.63) is 88.5 Å². The summed E-state index contributed by atoms with van der Waals surface area (Å²) in [5.74, 6) is -0.950. The topological polar surface area (TPSA) is 188 Å². The zero-order valence-corrected chi connectivity index (χ0v) is 17.5. The fraction of sp³-hybridized carbons (Fsp3) is 0.0952. The first kappa shape index (κ1) is 22.1. The van der Waals surface area contributed by atoms with Gasteiger partial charge in [0.15, 0.2) is 0 Å². The van der Waals surface area contributed by atoms with Crippen LogP contribution in [0.4, 0.5) is 11.4 Å². The van der Waals surface area contributed by atoms with Crippen LogP contribution in [0.15, 0.2) is 46.0 Å². The quantitative estimate of drug-likeness (QED) is 0.244. The van der Waals surface area contributed by atoms with Gasteiger partial charge < -0.3 is 19.4 Å². The van der Waals surface area contributed by atoms with Gasteiger partial charge in [-0.15, -0.1) is 0 Å². The number of hydrogen-bond donors (Lipinski definition) is 2. The molecule has 0 spiro atoms. The van der Waals surface area contributed by atoms with Crippen LogP contribution in [0.2, 0.25) is 0 Å². The molecule has 0 aliphatic rings. The number of nitrogens with one attached hydrogen (secondary N) is 2. The van der Waals surface area contributed by atoms with Crippen LogP contribution >= 0.6 is 0 Å². The van der Waals surface area contributed by atoms with Gasteiger partial charge in [-0.2, -0.15) is 0 Å². The number of H-pyrrole nitrogens is 2. The Balaban J connectivity index is 1.94. The molecule has 0 unspecified atom stereocenters. The summed E-state index contributed by atoms with van der Waals surface area (Å²) in [6.45, 7) is 0. The van der Waals surface area contributed by atoms with Crippen LogP contribution in [-0.4, -0.2) is 39.8 Å². The molecule has 2 aromatic heterocycles. The highest BCUT2D eigenvalue weighted by Crippen LogP contribution is 2.31. The third-order valence-corrected chi connectivity index (χ3v) is 5.15. The molecule has 13 nitrogen and oxygen atoms in total. The van der Waals surface area contributed by atoms with Crippen molar-refractivity contribution in [2.45, 2.75) is 0 Å². The van der Waals surface area contributed by atoms with Gasteiger partial charge in [-0.05, 0) is 12.1 Å². The first-order chi connectivity index (χ1) is 16.1. The molecule has 0 saturated carbocycles. The fourth-order valence-corrected chi connectivity index (χ4v) is 3.56. The number of ketones is 1. The van der Waals surface area contributed by atoms with Crippen molar-refractivity contribution in [3.63, 3.8) is 0 Å². The van der Waals surface area contributed by atoms with Crippen LogP contribution in [0, 0.1) is 20.2 Å². The van der Waals surface area contributed by atoms with E-state index in [4.69, 9.17) is 9.47 Å². The van der Waals surface area contributed by atoms with Gasteiger partial charge in [0.05, 0.1) is 58.4 Å². The number of non-ortho nitro benzene ring substituents is 2. The van der Waals surface area contributed by atoms with E-state index in [1.807, 2.05) is 0 Å². The summed E-state index contributed by atoms with van der Waals surface area (Å²) in [6, 6.07) is 6.75. The molecule has 2 heterocycles. The second-order valence-electron chi connectivity index (χ2n) is 7.09. The number of ether oxygens (including phenoxy) is 2. The summed E-state index contributed by atoms with van der Waals surface area (Å²) in [7, 11) is 2.52. The molecule has 0 aliphatic carbocycles. The maximum atomic E-state index is 13.2. The summed E-state index contributed by atoms with van der Waals surface area (Å²) < 4.78 is 10.2. The fourth-order valence-electron chi connectivity index (χ4n) is 3.56. The number of methoxy groups -OCH3 is 2. The standard InChI is InChI=1S/C21H14N4O9/c1-33-15-7-11(24(29)30)3-9-5-13(20(27)22-17(9)15)19(26)14-6-10-4-12(25(31)32)8-16(34-2)18(10)23-21(14)28/h3-8H,1-2H3,(H,22,27)(H,23,28). The lowest BCUT2D eigenvalue weighted by molar-refractivity contribution is -0.384. The number of nitrogens with zero attached hydrogens (tertiary/aromatic N) is 2. The molecule has 4 aromatic rings. The maximum Gasteiger partial charge on any atom is 0.273 e. The Morgan fingerprint density at radius 2 is 1.12 bits per heavy atom. The van der Waals surface area contributed by atoms with Crippen LogP contribution in [0.25, 0.3) is 21.8 Å². The monoisotopic (exact) mass is 466 g/mol. The van der Waals surface area contributed by atoms with Gasteiger partial charge in [0, 0.05) is 22.9 Å². The highest BCUT2D eigenvalue weighted by Gasteiger charge is 2.22. The molecule has 172 valence electrons. The molecule has 0 saturated heterocycles. The van der Waals surface area contributed by atoms with E-state index in [1.165, 1.54) is 14.2 Å². The molecular weight excluding hydrogens is 452 g/mol. The van der Waals surface area contributed by atoms with Gasteiger partial charge in [0.1, 0.15) is 11.5 Å². The Kier molecular flexibility index (Phi) is 5.29. The number of aromatic amines is 2. The zero-order valence-electron chi connectivity index (χ0n) is 17.5. The minimum absolute atomic E-state index is 0.0169. The Labute approximate surface area is 187 Å². The van der Waals surface area contributed by atoms with Gasteiger partial charge in [-0.3, -0.25) is 34.6 Å². The SMILES string of the molecule is COc1cc([N+](=O)[O-])cc2cc(C(=O)c3cc4cc([N+](=O)[O-])cc(OC)c4[nH]c3=O)c(=O)[nH]c12. The van der Waals surface area contributed by atoms with Crippen LogP contribution in [0.3, 0.4) is 0 Å². The summed E-state index contributed by atoms with van der Waals surface area (Å²) in [6.07, 6.45) is 0. The van der Waals surface area contributed by atoms with E-state index in [1.54, 1.807) is 0 Å². The molecule has 0 aliphatic heterocycles. The summed E-state index contributed by atoms with van der Waals surface area (Å²) in [5.41, 5.74) is -3.06. The predicted molar refractivity (Wildman–Crippen MR) is 119 cm³/mol. The van der Waals surface area contributed by atoms with Crippen molar-refractivity contribution in [3.8, 4) is 11.5 Å². The third-order valence-electron chi connectivity index (χ3n) is 5.15. The first-order valence-corrected chi connectivity index (χ1v) is 9.48. The smallest absolute Gasteiger partial charge is 0.273 e. The van der Waals surface area contributed by atoms with E-state index >= 15 is 0 Å². The van der Waals surface area contributed by atoms with E-state index in [9.17, 15) is 34.6 Å². The average Bonchev–Trinajstić information content (AvgIpc) is 2.81. The van der Waals surface area contributed by atoms with Crippen molar-refractivity contribution in [2.75, 3.05) is 14.2 Å². The second-order valence-corrected chi connectivity index (χ2v) is 7.09. The molecule has 0 amide bonds. The zero-order chi connectivity index (χ0) is 24.7. The van der Waals surface area contributed by atoms with E-state index in [0.29, 0.717) is 0 Å². The van der Waals surface area contributed by atoms with Gasteiger partial charge >= 0.3 is 0 Å². The number of rotatable bonds is 6. The molecule has 0 radical (unpaired) electrons. The van der Waals surface area contributed by atoms with Crippen LogP contribution < -0.4 is 20.6 Å². The number of benzene rings is 2. The van der Waals surface area contributed by atoms with Gasteiger partial charge in [-0.25, -0.2) is 0 Å². The highest BCUT2D eigenvalue weighted by atomic mass is 16.6. The molecule has 0 bridgehead atoms. The number of pyridine rings is 2. The van der Waals surface area contributed by atoms with Crippen molar-refractivity contribution < 1.29 is 24.1 Å². The molecule has 13 heteroatoms. The summed E-state index contributed by atoms with van der Waals surface area (Å²) in [5, 5.41) is 22.7. The van der Waals surface area contributed by atoms with Crippen molar-refractivity contribution in [2.24, 2.45) is 0 Å².